The van der Waals surface area contributed by atoms with Crippen molar-refractivity contribution in [3.8, 4) is 5.75 Å². The van der Waals surface area contributed by atoms with Crippen molar-refractivity contribution in [3.63, 3.8) is 0 Å². The Labute approximate surface area is 144 Å². The van der Waals surface area contributed by atoms with E-state index in [9.17, 15) is 4.79 Å². The molecule has 0 atom stereocenters. The lowest BCUT2D eigenvalue weighted by molar-refractivity contribution is -0.130. The van der Waals surface area contributed by atoms with Crippen LogP contribution in [0.4, 0.5) is 5.69 Å². The Morgan fingerprint density at radius 2 is 1.71 bits per heavy atom. The first kappa shape index (κ1) is 17.9. The lowest BCUT2D eigenvalue weighted by atomic mass is 10.1. The van der Waals surface area contributed by atoms with Crippen molar-refractivity contribution in [3.05, 3.63) is 59.7 Å². The van der Waals surface area contributed by atoms with E-state index in [4.69, 9.17) is 4.74 Å². The molecular formula is C20H26N2O2. The van der Waals surface area contributed by atoms with E-state index in [-0.39, 0.29) is 5.91 Å². The van der Waals surface area contributed by atoms with E-state index >= 15 is 0 Å². The lowest BCUT2D eigenvalue weighted by Crippen LogP contribution is -2.31. The number of ether oxygens (including phenoxy) is 1. The quantitative estimate of drug-likeness (QED) is 0.782. The number of benzene rings is 2. The summed E-state index contributed by atoms with van der Waals surface area (Å²) in [6.45, 7) is 3.32. The average Bonchev–Trinajstić information content (AvgIpc) is 2.60. The molecule has 0 aromatic heterocycles. The molecule has 4 heteroatoms. The number of carbonyl (C=O) groups is 1. The summed E-state index contributed by atoms with van der Waals surface area (Å²) >= 11 is 0. The second-order valence-corrected chi connectivity index (χ2v) is 5.96. The summed E-state index contributed by atoms with van der Waals surface area (Å²) in [4.78, 5) is 16.6. The molecule has 0 heterocycles. The highest BCUT2D eigenvalue weighted by Crippen LogP contribution is 2.19. The van der Waals surface area contributed by atoms with Crippen molar-refractivity contribution in [1.82, 2.24) is 4.90 Å². The number of carbonyl (C=O) groups excluding carboxylic acids is 1. The first-order valence-electron chi connectivity index (χ1n) is 8.21. The third kappa shape index (κ3) is 4.51. The topological polar surface area (TPSA) is 32.8 Å². The maximum atomic E-state index is 12.7. The molecule has 0 radical (unpaired) electrons. The van der Waals surface area contributed by atoms with Gasteiger partial charge in [0.15, 0.2) is 0 Å². The van der Waals surface area contributed by atoms with Crippen LogP contribution < -0.4 is 9.64 Å². The molecule has 0 aliphatic carbocycles. The van der Waals surface area contributed by atoms with Crippen LogP contribution in [-0.4, -0.2) is 38.6 Å². The molecule has 128 valence electrons. The zero-order valence-electron chi connectivity index (χ0n) is 15.0. The molecule has 0 saturated heterocycles. The van der Waals surface area contributed by atoms with Crippen molar-refractivity contribution in [2.24, 2.45) is 0 Å². The van der Waals surface area contributed by atoms with Gasteiger partial charge in [-0.3, -0.25) is 4.79 Å². The standard InChI is InChI=1S/C20H26N2O2/c1-5-22(15-16-10-12-18(13-11-16)21(2)3)20(23)14-17-8-6-7-9-19(17)24-4/h6-13H,5,14-15H2,1-4H3. The minimum atomic E-state index is 0.110. The highest BCUT2D eigenvalue weighted by Gasteiger charge is 2.15. The van der Waals surface area contributed by atoms with Crippen molar-refractivity contribution in [2.75, 3.05) is 32.6 Å². The number of para-hydroxylation sites is 1. The second-order valence-electron chi connectivity index (χ2n) is 5.96. The smallest absolute Gasteiger partial charge is 0.227 e. The van der Waals surface area contributed by atoms with Gasteiger partial charge < -0.3 is 14.5 Å². The van der Waals surface area contributed by atoms with Crippen LogP contribution in [0.1, 0.15) is 18.1 Å². The van der Waals surface area contributed by atoms with Crippen molar-refractivity contribution >= 4 is 11.6 Å². The Kier molecular flexibility index (Phi) is 6.24. The number of anilines is 1. The summed E-state index contributed by atoms with van der Waals surface area (Å²) in [5.74, 6) is 0.871. The third-order valence-corrected chi connectivity index (χ3v) is 4.09. The first-order chi connectivity index (χ1) is 11.5. The van der Waals surface area contributed by atoms with Crippen LogP contribution in [-0.2, 0) is 17.8 Å². The van der Waals surface area contributed by atoms with E-state index in [0.717, 1.165) is 22.6 Å². The van der Waals surface area contributed by atoms with Crippen LogP contribution in [0.3, 0.4) is 0 Å². The fourth-order valence-corrected chi connectivity index (χ4v) is 2.62. The number of hydrogen-bond acceptors (Lipinski definition) is 3. The summed E-state index contributed by atoms with van der Waals surface area (Å²) in [6, 6.07) is 16.0. The molecule has 2 aromatic rings. The summed E-state index contributed by atoms with van der Waals surface area (Å²) in [5.41, 5.74) is 3.21. The molecule has 1 amide bonds. The summed E-state index contributed by atoms with van der Waals surface area (Å²) < 4.78 is 5.34. The van der Waals surface area contributed by atoms with Crippen LogP contribution in [0, 0.1) is 0 Å². The number of amides is 1. The van der Waals surface area contributed by atoms with E-state index < -0.39 is 0 Å². The van der Waals surface area contributed by atoms with Gasteiger partial charge in [-0.05, 0) is 30.7 Å². The van der Waals surface area contributed by atoms with E-state index in [0.29, 0.717) is 19.5 Å². The molecule has 0 unspecified atom stereocenters. The number of methoxy groups -OCH3 is 1. The predicted octanol–water partition coefficient (Wildman–Crippen LogP) is 3.35. The molecule has 2 rings (SSSR count). The minimum absolute atomic E-state index is 0.110. The van der Waals surface area contributed by atoms with Crippen LogP contribution >= 0.6 is 0 Å². The molecule has 0 N–H and O–H groups in total. The van der Waals surface area contributed by atoms with Gasteiger partial charge in [0.25, 0.3) is 0 Å². The highest BCUT2D eigenvalue weighted by atomic mass is 16.5. The van der Waals surface area contributed by atoms with Gasteiger partial charge in [0, 0.05) is 38.4 Å². The van der Waals surface area contributed by atoms with Crippen molar-refractivity contribution < 1.29 is 9.53 Å². The van der Waals surface area contributed by atoms with Gasteiger partial charge in [0.2, 0.25) is 5.91 Å². The molecule has 0 aliphatic rings. The van der Waals surface area contributed by atoms with E-state index in [1.54, 1.807) is 7.11 Å². The number of likely N-dealkylation sites (N-methyl/N-ethyl adjacent to an activating group) is 1. The average molecular weight is 326 g/mol. The summed E-state index contributed by atoms with van der Waals surface area (Å²) in [6.07, 6.45) is 0.355. The lowest BCUT2D eigenvalue weighted by Gasteiger charge is -2.22. The van der Waals surface area contributed by atoms with E-state index in [2.05, 4.69) is 29.2 Å². The Morgan fingerprint density at radius 1 is 1.04 bits per heavy atom. The second kappa shape index (κ2) is 8.39. The molecule has 0 fully saturated rings. The van der Waals surface area contributed by atoms with E-state index in [1.807, 2.05) is 50.2 Å². The van der Waals surface area contributed by atoms with Gasteiger partial charge in [-0.25, -0.2) is 0 Å². The number of hydrogen-bond donors (Lipinski definition) is 0. The van der Waals surface area contributed by atoms with Crippen LogP contribution in [0.15, 0.2) is 48.5 Å². The minimum Gasteiger partial charge on any atom is -0.496 e. The van der Waals surface area contributed by atoms with Crippen LogP contribution in [0.5, 0.6) is 5.75 Å². The normalized spacial score (nSPS) is 10.3. The predicted molar refractivity (Wildman–Crippen MR) is 98.6 cm³/mol. The van der Waals surface area contributed by atoms with Crippen LogP contribution in [0.2, 0.25) is 0 Å². The van der Waals surface area contributed by atoms with Gasteiger partial charge >= 0.3 is 0 Å². The molecule has 0 spiro atoms. The maximum absolute atomic E-state index is 12.7. The zero-order chi connectivity index (χ0) is 17.5. The third-order valence-electron chi connectivity index (χ3n) is 4.09. The summed E-state index contributed by atoms with van der Waals surface area (Å²) in [7, 11) is 5.67. The number of nitrogens with zero attached hydrogens (tertiary/aromatic N) is 2. The van der Waals surface area contributed by atoms with Gasteiger partial charge in [0.1, 0.15) is 5.75 Å². The van der Waals surface area contributed by atoms with E-state index in [1.165, 1.54) is 0 Å². The maximum Gasteiger partial charge on any atom is 0.227 e. The molecule has 2 aromatic carbocycles. The van der Waals surface area contributed by atoms with Gasteiger partial charge in [-0.1, -0.05) is 30.3 Å². The fourth-order valence-electron chi connectivity index (χ4n) is 2.62. The molecule has 0 aliphatic heterocycles. The van der Waals surface area contributed by atoms with Crippen LogP contribution in [0.25, 0.3) is 0 Å². The SMILES string of the molecule is CCN(Cc1ccc(N(C)C)cc1)C(=O)Cc1ccccc1OC. The van der Waals surface area contributed by atoms with Gasteiger partial charge in [-0.2, -0.15) is 0 Å². The Bertz CT molecular complexity index is 666. The highest BCUT2D eigenvalue weighted by molar-refractivity contribution is 5.79. The largest absolute Gasteiger partial charge is 0.496 e. The fraction of sp³-hybridized carbons (Fsp3) is 0.350. The molecule has 0 bridgehead atoms. The number of rotatable bonds is 7. The Balaban J connectivity index is 2.06. The van der Waals surface area contributed by atoms with Crippen molar-refractivity contribution in [1.29, 1.82) is 0 Å². The zero-order valence-corrected chi connectivity index (χ0v) is 15.0. The molecule has 4 nitrogen and oxygen atoms in total. The van der Waals surface area contributed by atoms with Crippen molar-refractivity contribution in [2.45, 2.75) is 19.9 Å². The first-order valence-corrected chi connectivity index (χ1v) is 8.21. The van der Waals surface area contributed by atoms with Gasteiger partial charge in [-0.15, -0.1) is 0 Å². The Hall–Kier alpha value is -2.49. The van der Waals surface area contributed by atoms with Gasteiger partial charge in [0.05, 0.1) is 13.5 Å². The molecule has 0 saturated carbocycles. The Morgan fingerprint density at radius 3 is 2.29 bits per heavy atom. The summed E-state index contributed by atoms with van der Waals surface area (Å²) in [5, 5.41) is 0. The monoisotopic (exact) mass is 326 g/mol. The molecule has 24 heavy (non-hydrogen) atoms. The molecular weight excluding hydrogens is 300 g/mol.